The van der Waals surface area contributed by atoms with Gasteiger partial charge in [0.05, 0.1) is 22.6 Å². The molecule has 0 radical (unpaired) electrons. The minimum atomic E-state index is -4.91. The fourth-order valence-corrected chi connectivity index (χ4v) is 6.29. The summed E-state index contributed by atoms with van der Waals surface area (Å²) in [6, 6.07) is 21.3. The number of alkyl halides is 3. The highest BCUT2D eigenvalue weighted by molar-refractivity contribution is 7.92. The number of anilines is 1. The molecule has 10 nitrogen and oxygen atoms in total. The number of benzene rings is 4. The van der Waals surface area contributed by atoms with E-state index in [1.807, 2.05) is 0 Å². The monoisotopic (exact) mass is 726 g/mol. The highest BCUT2D eigenvalue weighted by atomic mass is 32.2. The second-order valence-corrected chi connectivity index (χ2v) is 13.2. The third-order valence-electron chi connectivity index (χ3n) is 7.59. The topological polar surface area (TPSA) is 139 Å². The molecule has 51 heavy (non-hydrogen) atoms. The lowest BCUT2D eigenvalue weighted by Gasteiger charge is -2.21. The Labute approximate surface area is 293 Å². The average molecular weight is 727 g/mol. The van der Waals surface area contributed by atoms with Crippen LogP contribution in [-0.4, -0.2) is 49.4 Å². The lowest BCUT2D eigenvalue weighted by molar-refractivity contribution is -0.140. The third kappa shape index (κ3) is 11.3. The van der Waals surface area contributed by atoms with Gasteiger partial charge in [0.15, 0.2) is 0 Å². The van der Waals surface area contributed by atoms with Gasteiger partial charge in [-0.3, -0.25) is 14.3 Å². The van der Waals surface area contributed by atoms with E-state index in [2.05, 4.69) is 11.6 Å². The molecule has 14 heteroatoms. The standard InChI is InChI=1S/C37H37F3N2O8S/c1-2-3-4-5-8-23-49-30-21-15-28(16-22-30)36(46)50-31-19-11-26(12-20-31)24-42(25-34(43)44)35(45)27-13-17-29(18-14-27)41-51(47,48)33-10-7-6-9-32(33)37(38,39)40/h6-7,9-22,41H,2-5,8,23-25H2,1H3,(H,43,44). The molecule has 0 aliphatic carbocycles. The smallest absolute Gasteiger partial charge is 0.417 e. The van der Waals surface area contributed by atoms with Crippen molar-refractivity contribution in [1.82, 2.24) is 4.90 Å². The number of hydrogen-bond donors (Lipinski definition) is 2. The Kier molecular flexibility index (Phi) is 13.2. The van der Waals surface area contributed by atoms with Gasteiger partial charge in [-0.1, -0.05) is 56.9 Å². The van der Waals surface area contributed by atoms with Crippen LogP contribution in [0.5, 0.6) is 11.5 Å². The summed E-state index contributed by atoms with van der Waals surface area (Å²) in [7, 11) is -4.65. The number of amides is 1. The second-order valence-electron chi connectivity index (χ2n) is 11.6. The van der Waals surface area contributed by atoms with Gasteiger partial charge >= 0.3 is 18.1 Å². The highest BCUT2D eigenvalue weighted by Crippen LogP contribution is 2.34. The first-order chi connectivity index (χ1) is 24.3. The lowest BCUT2D eigenvalue weighted by atomic mass is 10.1. The molecule has 4 aromatic rings. The number of sulfonamides is 1. The summed E-state index contributed by atoms with van der Waals surface area (Å²) in [6.45, 7) is 1.95. The summed E-state index contributed by atoms with van der Waals surface area (Å²) >= 11 is 0. The van der Waals surface area contributed by atoms with E-state index in [0.717, 1.165) is 35.9 Å². The van der Waals surface area contributed by atoms with Crippen molar-refractivity contribution in [2.45, 2.75) is 56.6 Å². The maximum Gasteiger partial charge on any atom is 0.417 e. The number of esters is 1. The number of rotatable bonds is 17. The van der Waals surface area contributed by atoms with E-state index in [4.69, 9.17) is 9.47 Å². The molecular formula is C37H37F3N2O8S. The number of carboxylic acid groups (broad SMARTS) is 1. The van der Waals surface area contributed by atoms with E-state index < -0.39 is 51.0 Å². The number of carbonyl (C=O) groups excluding carboxylic acids is 2. The van der Waals surface area contributed by atoms with Crippen LogP contribution >= 0.6 is 0 Å². The van der Waals surface area contributed by atoms with Crippen molar-refractivity contribution in [2.24, 2.45) is 0 Å². The van der Waals surface area contributed by atoms with E-state index in [1.165, 1.54) is 55.7 Å². The zero-order valence-corrected chi connectivity index (χ0v) is 28.5. The molecule has 0 heterocycles. The number of carbonyl (C=O) groups is 3. The molecule has 0 fully saturated rings. The van der Waals surface area contributed by atoms with Gasteiger partial charge < -0.3 is 19.5 Å². The Morgan fingerprint density at radius 2 is 1.39 bits per heavy atom. The summed E-state index contributed by atoms with van der Waals surface area (Å²) in [5.41, 5.74) is -0.607. The number of halogens is 3. The molecule has 0 atom stereocenters. The van der Waals surface area contributed by atoms with E-state index >= 15 is 0 Å². The first-order valence-electron chi connectivity index (χ1n) is 16.1. The van der Waals surface area contributed by atoms with Gasteiger partial charge in [-0.05, 0) is 84.8 Å². The van der Waals surface area contributed by atoms with Crippen LogP contribution in [0.25, 0.3) is 0 Å². The Morgan fingerprint density at radius 1 is 0.784 bits per heavy atom. The maximum absolute atomic E-state index is 13.4. The van der Waals surface area contributed by atoms with Crippen molar-refractivity contribution in [3.63, 3.8) is 0 Å². The van der Waals surface area contributed by atoms with Crippen molar-refractivity contribution in [2.75, 3.05) is 17.9 Å². The molecule has 4 rings (SSSR count). The van der Waals surface area contributed by atoms with Crippen LogP contribution in [0.1, 0.15) is 70.9 Å². The SMILES string of the molecule is CCCCCCCOc1ccc(C(=O)Oc2ccc(CN(CC(=O)O)C(=O)c3ccc(NS(=O)(=O)c4ccccc4C(F)(F)F)cc3)cc2)cc1. The van der Waals surface area contributed by atoms with Crippen LogP contribution in [0, 0.1) is 0 Å². The molecule has 0 spiro atoms. The first-order valence-corrected chi connectivity index (χ1v) is 17.6. The number of nitrogens with zero attached hydrogens (tertiary/aromatic N) is 1. The van der Waals surface area contributed by atoms with Crippen LogP contribution in [0.4, 0.5) is 18.9 Å². The Hall–Kier alpha value is -5.37. The van der Waals surface area contributed by atoms with Crippen molar-refractivity contribution in [3.05, 3.63) is 119 Å². The van der Waals surface area contributed by atoms with Crippen molar-refractivity contribution in [3.8, 4) is 11.5 Å². The molecular weight excluding hydrogens is 689 g/mol. The lowest BCUT2D eigenvalue weighted by Crippen LogP contribution is -2.35. The van der Waals surface area contributed by atoms with Crippen molar-refractivity contribution in [1.29, 1.82) is 0 Å². The molecule has 1 amide bonds. The van der Waals surface area contributed by atoms with Crippen LogP contribution in [-0.2, 0) is 27.5 Å². The molecule has 4 aromatic carbocycles. The quantitative estimate of drug-likeness (QED) is 0.0639. The van der Waals surface area contributed by atoms with Crippen LogP contribution in [0.15, 0.2) is 102 Å². The van der Waals surface area contributed by atoms with Gasteiger partial charge in [0.2, 0.25) is 0 Å². The van der Waals surface area contributed by atoms with Gasteiger partial charge in [0, 0.05) is 17.8 Å². The fourth-order valence-electron chi connectivity index (χ4n) is 5.00. The normalized spacial score (nSPS) is 11.5. The van der Waals surface area contributed by atoms with E-state index in [0.29, 0.717) is 29.5 Å². The van der Waals surface area contributed by atoms with Gasteiger partial charge in [0.1, 0.15) is 18.0 Å². The van der Waals surface area contributed by atoms with Crippen LogP contribution in [0.2, 0.25) is 0 Å². The predicted molar refractivity (Wildman–Crippen MR) is 183 cm³/mol. The summed E-state index contributed by atoms with van der Waals surface area (Å²) in [5, 5.41) is 9.45. The van der Waals surface area contributed by atoms with Gasteiger partial charge in [0.25, 0.3) is 15.9 Å². The van der Waals surface area contributed by atoms with Crippen molar-refractivity contribution >= 4 is 33.6 Å². The average Bonchev–Trinajstić information content (AvgIpc) is 3.10. The Morgan fingerprint density at radius 3 is 2.02 bits per heavy atom. The van der Waals surface area contributed by atoms with E-state index in [9.17, 15) is 41.1 Å². The van der Waals surface area contributed by atoms with Gasteiger partial charge in [-0.25, -0.2) is 13.2 Å². The summed E-state index contributed by atoms with van der Waals surface area (Å²) < 4.78 is 79.0. The summed E-state index contributed by atoms with van der Waals surface area (Å²) in [4.78, 5) is 37.6. The first kappa shape index (κ1) is 38.4. The molecule has 0 bridgehead atoms. The zero-order chi connectivity index (χ0) is 37.0. The maximum atomic E-state index is 13.4. The van der Waals surface area contributed by atoms with Gasteiger partial charge in [-0.2, -0.15) is 13.2 Å². The van der Waals surface area contributed by atoms with E-state index in [-0.39, 0.29) is 23.5 Å². The highest BCUT2D eigenvalue weighted by Gasteiger charge is 2.37. The minimum Gasteiger partial charge on any atom is -0.494 e. The van der Waals surface area contributed by atoms with Crippen LogP contribution in [0.3, 0.4) is 0 Å². The Bertz CT molecular complexity index is 1900. The second kappa shape index (κ2) is 17.5. The molecule has 270 valence electrons. The predicted octanol–water partition coefficient (Wildman–Crippen LogP) is 7.80. The van der Waals surface area contributed by atoms with E-state index in [1.54, 1.807) is 36.4 Å². The number of hydrogen-bond acceptors (Lipinski definition) is 7. The Balaban J connectivity index is 1.36. The summed E-state index contributed by atoms with van der Waals surface area (Å²) in [6.07, 6.45) is 0.701. The molecule has 0 aromatic heterocycles. The molecule has 0 saturated heterocycles. The number of unbranched alkanes of at least 4 members (excludes halogenated alkanes) is 4. The number of ether oxygens (including phenoxy) is 2. The molecule has 0 aliphatic heterocycles. The minimum absolute atomic E-state index is 0.00355. The number of aliphatic carboxylic acids is 1. The number of carboxylic acids is 1. The molecule has 0 saturated carbocycles. The third-order valence-corrected chi connectivity index (χ3v) is 9.03. The zero-order valence-electron chi connectivity index (χ0n) is 27.7. The van der Waals surface area contributed by atoms with Gasteiger partial charge in [-0.15, -0.1) is 0 Å². The fraction of sp³-hybridized carbons (Fsp3) is 0.270. The molecule has 2 N–H and O–H groups in total. The summed E-state index contributed by atoms with van der Waals surface area (Å²) in [5.74, 6) is -1.70. The van der Waals surface area contributed by atoms with Crippen LogP contribution < -0.4 is 14.2 Å². The molecule has 0 unspecified atom stereocenters. The molecule has 0 aliphatic rings. The van der Waals surface area contributed by atoms with Crippen molar-refractivity contribution < 1.29 is 50.6 Å². The number of nitrogens with one attached hydrogen (secondary N) is 1. The largest absolute Gasteiger partial charge is 0.494 e.